The van der Waals surface area contributed by atoms with Crippen LogP contribution in [0.5, 0.6) is 0 Å². The molecule has 0 atom stereocenters. The van der Waals surface area contributed by atoms with Crippen LogP contribution in [0.15, 0.2) is 0 Å². The monoisotopic (exact) mass is 210 g/mol. The standard InChI is InChI=1S/C9H10N2O2S/c1-6-7(4-3-5-14)8(9(12)13)11(2)10-6/h14H,5H2,1-2H3,(H,12,13). The maximum Gasteiger partial charge on any atom is 0.355 e. The lowest BCUT2D eigenvalue weighted by Crippen LogP contribution is -2.07. The van der Waals surface area contributed by atoms with Gasteiger partial charge in [-0.05, 0) is 6.92 Å². The first-order valence-corrected chi connectivity index (χ1v) is 4.57. The zero-order valence-electron chi connectivity index (χ0n) is 7.90. The molecule has 0 radical (unpaired) electrons. The first-order valence-electron chi connectivity index (χ1n) is 3.94. The summed E-state index contributed by atoms with van der Waals surface area (Å²) < 4.78 is 1.32. The molecule has 0 unspecified atom stereocenters. The van der Waals surface area contributed by atoms with Gasteiger partial charge in [-0.3, -0.25) is 4.68 Å². The van der Waals surface area contributed by atoms with Crippen molar-refractivity contribution in [2.24, 2.45) is 7.05 Å². The Bertz CT molecular complexity index is 426. The van der Waals surface area contributed by atoms with Gasteiger partial charge in [-0.15, -0.1) is 0 Å². The molecule has 0 saturated heterocycles. The zero-order chi connectivity index (χ0) is 10.7. The third kappa shape index (κ3) is 1.91. The Kier molecular flexibility index (Phi) is 3.20. The minimum Gasteiger partial charge on any atom is -0.476 e. The average Bonchev–Trinajstić information content (AvgIpc) is 2.37. The molecule has 4 nitrogen and oxygen atoms in total. The molecule has 0 aliphatic rings. The van der Waals surface area contributed by atoms with Gasteiger partial charge in [-0.1, -0.05) is 11.8 Å². The number of thiol groups is 1. The van der Waals surface area contributed by atoms with Gasteiger partial charge in [0.25, 0.3) is 0 Å². The second-order valence-electron chi connectivity index (χ2n) is 2.70. The molecule has 0 aromatic carbocycles. The van der Waals surface area contributed by atoms with Crippen LogP contribution in [0.1, 0.15) is 21.7 Å². The number of aryl methyl sites for hydroxylation is 2. The summed E-state index contributed by atoms with van der Waals surface area (Å²) in [7, 11) is 1.59. The van der Waals surface area contributed by atoms with E-state index in [1.807, 2.05) is 0 Å². The fraction of sp³-hybridized carbons (Fsp3) is 0.333. The summed E-state index contributed by atoms with van der Waals surface area (Å²) in [6.45, 7) is 1.73. The van der Waals surface area contributed by atoms with Crippen LogP contribution in [-0.4, -0.2) is 26.6 Å². The molecular weight excluding hydrogens is 200 g/mol. The molecular formula is C9H10N2O2S. The van der Waals surface area contributed by atoms with E-state index in [9.17, 15) is 4.79 Å². The average molecular weight is 210 g/mol. The molecule has 1 aromatic heterocycles. The van der Waals surface area contributed by atoms with Crippen LogP contribution >= 0.6 is 12.6 Å². The molecule has 1 aromatic rings. The molecule has 1 rings (SSSR count). The molecule has 0 spiro atoms. The Morgan fingerprint density at radius 2 is 2.36 bits per heavy atom. The van der Waals surface area contributed by atoms with Crippen molar-refractivity contribution in [3.05, 3.63) is 17.0 Å². The molecule has 5 heteroatoms. The van der Waals surface area contributed by atoms with Crippen LogP contribution in [0, 0.1) is 18.8 Å². The van der Waals surface area contributed by atoms with Crippen LogP contribution in [0.2, 0.25) is 0 Å². The summed E-state index contributed by atoms with van der Waals surface area (Å²) in [6.07, 6.45) is 0. The quantitative estimate of drug-likeness (QED) is 0.530. The van der Waals surface area contributed by atoms with Gasteiger partial charge in [-0.25, -0.2) is 4.79 Å². The van der Waals surface area contributed by atoms with Crippen molar-refractivity contribution in [2.45, 2.75) is 6.92 Å². The van der Waals surface area contributed by atoms with Crippen molar-refractivity contribution in [2.75, 3.05) is 5.75 Å². The highest BCUT2D eigenvalue weighted by Crippen LogP contribution is 2.11. The summed E-state index contributed by atoms with van der Waals surface area (Å²) in [5, 5.41) is 12.9. The molecule has 1 N–H and O–H groups in total. The largest absolute Gasteiger partial charge is 0.476 e. The number of hydrogen-bond acceptors (Lipinski definition) is 3. The number of carboxylic acid groups (broad SMARTS) is 1. The molecule has 0 bridgehead atoms. The maximum atomic E-state index is 10.9. The Labute approximate surface area is 87.3 Å². The lowest BCUT2D eigenvalue weighted by molar-refractivity contribution is 0.0684. The lowest BCUT2D eigenvalue weighted by atomic mass is 10.2. The summed E-state index contributed by atoms with van der Waals surface area (Å²) in [5.74, 6) is 4.83. The molecule has 0 fully saturated rings. The number of rotatable bonds is 1. The Balaban J connectivity index is 3.32. The molecule has 1 heterocycles. The number of aromatic carboxylic acids is 1. The first kappa shape index (κ1) is 10.7. The van der Waals surface area contributed by atoms with Gasteiger partial charge < -0.3 is 5.11 Å². The zero-order valence-corrected chi connectivity index (χ0v) is 8.80. The van der Waals surface area contributed by atoms with Gasteiger partial charge in [0.2, 0.25) is 0 Å². The van der Waals surface area contributed by atoms with Crippen LogP contribution < -0.4 is 0 Å². The second kappa shape index (κ2) is 4.20. The summed E-state index contributed by atoms with van der Waals surface area (Å²) >= 11 is 3.93. The minimum atomic E-state index is -1.02. The highest BCUT2D eigenvalue weighted by Gasteiger charge is 2.17. The number of carboxylic acids is 1. The SMILES string of the molecule is Cc1nn(C)c(C(=O)O)c1C#CCS. The van der Waals surface area contributed by atoms with Gasteiger partial charge >= 0.3 is 5.97 Å². The number of carbonyl (C=O) groups is 1. The van der Waals surface area contributed by atoms with E-state index in [1.165, 1.54) is 4.68 Å². The molecule has 0 amide bonds. The predicted octanol–water partition coefficient (Wildman–Crippen LogP) is 0.708. The highest BCUT2D eigenvalue weighted by molar-refractivity contribution is 7.80. The van der Waals surface area contributed by atoms with Crippen molar-refractivity contribution in [1.82, 2.24) is 9.78 Å². The van der Waals surface area contributed by atoms with Crippen molar-refractivity contribution < 1.29 is 9.90 Å². The maximum absolute atomic E-state index is 10.9. The van der Waals surface area contributed by atoms with E-state index in [1.54, 1.807) is 14.0 Å². The summed E-state index contributed by atoms with van der Waals surface area (Å²) in [6, 6.07) is 0. The van der Waals surface area contributed by atoms with Crippen LogP contribution in [0.4, 0.5) is 0 Å². The molecule has 0 aliphatic carbocycles. The number of aromatic nitrogens is 2. The summed E-state index contributed by atoms with van der Waals surface area (Å²) in [5.41, 5.74) is 1.21. The predicted molar refractivity (Wildman–Crippen MR) is 55.6 cm³/mol. The Morgan fingerprint density at radius 1 is 1.71 bits per heavy atom. The van der Waals surface area contributed by atoms with Gasteiger partial charge in [0.05, 0.1) is 17.0 Å². The fourth-order valence-corrected chi connectivity index (χ4v) is 1.26. The van der Waals surface area contributed by atoms with Crippen LogP contribution in [0.25, 0.3) is 0 Å². The third-order valence-electron chi connectivity index (χ3n) is 1.72. The fourth-order valence-electron chi connectivity index (χ4n) is 1.18. The topological polar surface area (TPSA) is 55.1 Å². The van der Waals surface area contributed by atoms with E-state index < -0.39 is 5.97 Å². The van der Waals surface area contributed by atoms with Crippen molar-refractivity contribution in [1.29, 1.82) is 0 Å². The third-order valence-corrected chi connectivity index (χ3v) is 1.88. The van der Waals surface area contributed by atoms with Gasteiger partial charge in [-0.2, -0.15) is 17.7 Å². The number of nitrogens with zero attached hydrogens (tertiary/aromatic N) is 2. The smallest absolute Gasteiger partial charge is 0.355 e. The van der Waals surface area contributed by atoms with E-state index in [2.05, 4.69) is 29.6 Å². The normalized spacial score (nSPS) is 9.36. The van der Waals surface area contributed by atoms with E-state index in [4.69, 9.17) is 5.11 Å². The summed E-state index contributed by atoms with van der Waals surface area (Å²) in [4.78, 5) is 10.9. The van der Waals surface area contributed by atoms with E-state index in [0.29, 0.717) is 17.0 Å². The highest BCUT2D eigenvalue weighted by atomic mass is 32.1. The molecule has 0 aliphatic heterocycles. The number of hydrogen-bond donors (Lipinski definition) is 2. The van der Waals surface area contributed by atoms with Crippen molar-refractivity contribution >= 4 is 18.6 Å². The van der Waals surface area contributed by atoms with E-state index in [0.717, 1.165) is 0 Å². The van der Waals surface area contributed by atoms with Gasteiger partial charge in [0.1, 0.15) is 0 Å². The molecule has 74 valence electrons. The minimum absolute atomic E-state index is 0.122. The van der Waals surface area contributed by atoms with E-state index >= 15 is 0 Å². The molecule has 14 heavy (non-hydrogen) atoms. The second-order valence-corrected chi connectivity index (χ2v) is 3.01. The first-order chi connectivity index (χ1) is 6.57. The Morgan fingerprint density at radius 3 is 2.86 bits per heavy atom. The molecule has 0 saturated carbocycles. The lowest BCUT2D eigenvalue weighted by Gasteiger charge is -1.94. The van der Waals surface area contributed by atoms with Crippen molar-refractivity contribution in [3.8, 4) is 11.8 Å². The van der Waals surface area contributed by atoms with E-state index in [-0.39, 0.29) is 5.69 Å². The van der Waals surface area contributed by atoms with Gasteiger partial charge in [0.15, 0.2) is 5.69 Å². The van der Waals surface area contributed by atoms with Crippen LogP contribution in [0.3, 0.4) is 0 Å². The van der Waals surface area contributed by atoms with Crippen LogP contribution in [-0.2, 0) is 7.05 Å². The Hall–Kier alpha value is -1.41. The van der Waals surface area contributed by atoms with Crippen molar-refractivity contribution in [3.63, 3.8) is 0 Å². The van der Waals surface area contributed by atoms with Gasteiger partial charge in [0, 0.05) is 7.05 Å².